The maximum atomic E-state index is 12.2. The van der Waals surface area contributed by atoms with Crippen LogP contribution in [0.1, 0.15) is 34.6 Å². The van der Waals surface area contributed by atoms with Crippen LogP contribution in [0.25, 0.3) is 0 Å². The van der Waals surface area contributed by atoms with Crippen LogP contribution in [0, 0.1) is 0 Å². The summed E-state index contributed by atoms with van der Waals surface area (Å²) < 4.78 is 3.23. The molecule has 0 radical (unpaired) electrons. The van der Waals surface area contributed by atoms with Gasteiger partial charge < -0.3 is 0 Å². The molecule has 0 aliphatic carbocycles. The van der Waals surface area contributed by atoms with Crippen molar-refractivity contribution in [2.45, 2.75) is 32.4 Å². The molecule has 3 N–H and O–H groups in total. The van der Waals surface area contributed by atoms with Crippen LogP contribution >= 0.6 is 0 Å². The zero-order valence-electron chi connectivity index (χ0n) is 11.6. The van der Waals surface area contributed by atoms with E-state index in [-0.39, 0.29) is 11.6 Å². The molecule has 21 heavy (non-hydrogen) atoms. The fraction of sp³-hybridized carbons (Fsp3) is 0.357. The standard InChI is InChI=1S/C14H17N5O2/c15-16-13(20)11-6-4-10(5-7-11)9-19-14(21)18-8-2-1-3-12(18)17-19/h4-7H,1-3,8-9,15H2,(H,16,20). The minimum atomic E-state index is -0.337. The van der Waals surface area contributed by atoms with Crippen LogP contribution in [-0.2, 0) is 19.5 Å². The fourth-order valence-corrected chi connectivity index (χ4v) is 2.57. The van der Waals surface area contributed by atoms with E-state index in [9.17, 15) is 9.59 Å². The van der Waals surface area contributed by atoms with Gasteiger partial charge in [0.2, 0.25) is 0 Å². The van der Waals surface area contributed by atoms with Crippen LogP contribution in [0.3, 0.4) is 0 Å². The predicted octanol–water partition coefficient (Wildman–Crippen LogP) is 0.0329. The Morgan fingerprint density at radius 3 is 2.71 bits per heavy atom. The van der Waals surface area contributed by atoms with E-state index in [0.717, 1.165) is 37.2 Å². The monoisotopic (exact) mass is 287 g/mol. The molecule has 1 aromatic carbocycles. The van der Waals surface area contributed by atoms with E-state index < -0.39 is 0 Å². The lowest BCUT2D eigenvalue weighted by Crippen LogP contribution is -2.30. The molecule has 0 atom stereocenters. The van der Waals surface area contributed by atoms with Crippen LogP contribution < -0.4 is 17.0 Å². The zero-order valence-corrected chi connectivity index (χ0v) is 11.6. The minimum Gasteiger partial charge on any atom is -0.290 e. The highest BCUT2D eigenvalue weighted by atomic mass is 16.2. The Balaban J connectivity index is 1.82. The average molecular weight is 287 g/mol. The van der Waals surface area contributed by atoms with Crippen molar-refractivity contribution >= 4 is 5.91 Å². The number of nitrogen functional groups attached to an aromatic ring is 1. The predicted molar refractivity (Wildman–Crippen MR) is 76.6 cm³/mol. The number of nitrogens with two attached hydrogens (primary N) is 1. The van der Waals surface area contributed by atoms with Crippen molar-refractivity contribution in [2.24, 2.45) is 5.84 Å². The van der Waals surface area contributed by atoms with Crippen molar-refractivity contribution < 1.29 is 4.79 Å². The summed E-state index contributed by atoms with van der Waals surface area (Å²) in [4.78, 5) is 23.6. The molecule has 2 heterocycles. The Kier molecular flexibility index (Phi) is 3.57. The number of aryl methyl sites for hydroxylation is 1. The molecule has 1 aromatic heterocycles. The second-order valence-corrected chi connectivity index (χ2v) is 5.14. The van der Waals surface area contributed by atoms with Gasteiger partial charge in [-0.05, 0) is 30.5 Å². The Morgan fingerprint density at radius 2 is 2.05 bits per heavy atom. The maximum Gasteiger partial charge on any atom is 0.346 e. The molecule has 0 saturated heterocycles. The summed E-state index contributed by atoms with van der Waals surface area (Å²) in [5, 5.41) is 4.39. The van der Waals surface area contributed by atoms with Gasteiger partial charge in [0, 0.05) is 18.5 Å². The molecule has 7 nitrogen and oxygen atoms in total. The minimum absolute atomic E-state index is 0.0616. The van der Waals surface area contributed by atoms with Crippen LogP contribution in [0.5, 0.6) is 0 Å². The number of rotatable bonds is 3. The molecule has 0 spiro atoms. The van der Waals surface area contributed by atoms with E-state index in [1.165, 1.54) is 4.68 Å². The summed E-state index contributed by atoms with van der Waals surface area (Å²) in [7, 11) is 0. The highest BCUT2D eigenvalue weighted by Crippen LogP contribution is 2.10. The lowest BCUT2D eigenvalue weighted by Gasteiger charge is -2.09. The molecule has 1 aliphatic heterocycles. The van der Waals surface area contributed by atoms with Gasteiger partial charge in [-0.2, -0.15) is 5.10 Å². The van der Waals surface area contributed by atoms with E-state index >= 15 is 0 Å². The molecule has 0 saturated carbocycles. The van der Waals surface area contributed by atoms with Gasteiger partial charge in [0.15, 0.2) is 0 Å². The molecule has 0 unspecified atom stereocenters. The van der Waals surface area contributed by atoms with Gasteiger partial charge in [0.1, 0.15) is 5.82 Å². The van der Waals surface area contributed by atoms with E-state index in [1.807, 2.05) is 0 Å². The summed E-state index contributed by atoms with van der Waals surface area (Å²) in [6, 6.07) is 6.96. The molecule has 7 heteroatoms. The molecular formula is C14H17N5O2. The van der Waals surface area contributed by atoms with Gasteiger partial charge in [-0.25, -0.2) is 15.3 Å². The number of hydrazine groups is 1. The molecule has 2 aromatic rings. The summed E-state index contributed by atoms with van der Waals surface area (Å²) in [5.74, 6) is 5.61. The third-order valence-electron chi connectivity index (χ3n) is 3.71. The number of aromatic nitrogens is 3. The summed E-state index contributed by atoms with van der Waals surface area (Å²) in [5.41, 5.74) is 3.42. The third kappa shape index (κ3) is 2.59. The molecule has 3 rings (SSSR count). The highest BCUT2D eigenvalue weighted by molar-refractivity contribution is 5.93. The third-order valence-corrected chi connectivity index (χ3v) is 3.71. The first-order valence-electron chi connectivity index (χ1n) is 6.95. The quantitative estimate of drug-likeness (QED) is 0.473. The normalized spacial score (nSPS) is 13.8. The Morgan fingerprint density at radius 1 is 1.29 bits per heavy atom. The lowest BCUT2D eigenvalue weighted by molar-refractivity contribution is 0.0953. The van der Waals surface area contributed by atoms with Crippen molar-refractivity contribution in [3.05, 3.63) is 51.7 Å². The Hall–Kier alpha value is -2.41. The van der Waals surface area contributed by atoms with Gasteiger partial charge in [0.05, 0.1) is 6.54 Å². The fourth-order valence-electron chi connectivity index (χ4n) is 2.57. The SMILES string of the molecule is NNC(=O)c1ccc(Cn2nc3n(c2=O)CCCC3)cc1. The number of nitrogens with one attached hydrogen (secondary N) is 1. The zero-order chi connectivity index (χ0) is 14.8. The molecule has 1 amide bonds. The second-order valence-electron chi connectivity index (χ2n) is 5.14. The first-order valence-corrected chi connectivity index (χ1v) is 6.95. The number of benzene rings is 1. The smallest absolute Gasteiger partial charge is 0.290 e. The summed E-state index contributed by atoms with van der Waals surface area (Å²) in [6.07, 6.45) is 2.97. The molecular weight excluding hydrogens is 270 g/mol. The number of hydrogen-bond donors (Lipinski definition) is 2. The molecule has 1 aliphatic rings. The Labute approximate surface area is 121 Å². The van der Waals surface area contributed by atoms with Gasteiger partial charge in [-0.1, -0.05) is 12.1 Å². The largest absolute Gasteiger partial charge is 0.346 e. The average Bonchev–Trinajstić information content (AvgIpc) is 2.84. The van der Waals surface area contributed by atoms with Gasteiger partial charge in [0.25, 0.3) is 5.91 Å². The number of nitrogens with zero attached hydrogens (tertiary/aromatic N) is 3. The van der Waals surface area contributed by atoms with E-state index in [0.29, 0.717) is 12.1 Å². The number of amides is 1. The van der Waals surface area contributed by atoms with Crippen LogP contribution in [0.2, 0.25) is 0 Å². The first-order chi connectivity index (χ1) is 10.2. The molecule has 0 bridgehead atoms. The van der Waals surface area contributed by atoms with Crippen molar-refractivity contribution in [2.75, 3.05) is 0 Å². The summed E-state index contributed by atoms with van der Waals surface area (Å²) >= 11 is 0. The van der Waals surface area contributed by atoms with E-state index in [1.54, 1.807) is 28.8 Å². The van der Waals surface area contributed by atoms with Gasteiger partial charge in [-0.15, -0.1) is 0 Å². The van der Waals surface area contributed by atoms with Gasteiger partial charge >= 0.3 is 5.69 Å². The van der Waals surface area contributed by atoms with Crippen LogP contribution in [0.4, 0.5) is 0 Å². The topological polar surface area (TPSA) is 94.9 Å². The number of fused-ring (bicyclic) bond motifs is 1. The number of hydrogen-bond acceptors (Lipinski definition) is 4. The van der Waals surface area contributed by atoms with Crippen molar-refractivity contribution in [3.8, 4) is 0 Å². The highest BCUT2D eigenvalue weighted by Gasteiger charge is 2.16. The Bertz CT molecular complexity index is 714. The van der Waals surface area contributed by atoms with E-state index in [4.69, 9.17) is 5.84 Å². The van der Waals surface area contributed by atoms with Crippen molar-refractivity contribution in [1.29, 1.82) is 0 Å². The second kappa shape index (κ2) is 5.53. The van der Waals surface area contributed by atoms with Gasteiger partial charge in [-0.3, -0.25) is 14.8 Å². The molecule has 0 fully saturated rings. The van der Waals surface area contributed by atoms with Crippen molar-refractivity contribution in [1.82, 2.24) is 19.8 Å². The number of carbonyl (C=O) groups excluding carboxylic acids is 1. The number of carbonyl (C=O) groups is 1. The lowest BCUT2D eigenvalue weighted by atomic mass is 10.1. The van der Waals surface area contributed by atoms with Crippen molar-refractivity contribution in [3.63, 3.8) is 0 Å². The molecule has 110 valence electrons. The first kappa shape index (κ1) is 13.6. The van der Waals surface area contributed by atoms with E-state index in [2.05, 4.69) is 10.5 Å². The van der Waals surface area contributed by atoms with Crippen LogP contribution in [-0.4, -0.2) is 20.3 Å². The van der Waals surface area contributed by atoms with Crippen LogP contribution in [0.15, 0.2) is 29.1 Å². The maximum absolute atomic E-state index is 12.2. The summed E-state index contributed by atoms with van der Waals surface area (Å²) in [6.45, 7) is 1.16.